The molecule has 0 unspecified atom stereocenters. The summed E-state index contributed by atoms with van der Waals surface area (Å²) in [6, 6.07) is 9.38. The van der Waals surface area contributed by atoms with Crippen molar-refractivity contribution in [3.8, 4) is 6.07 Å². The molecule has 0 aromatic carbocycles. The number of pyridine rings is 1. The Labute approximate surface area is 146 Å². The van der Waals surface area contributed by atoms with E-state index in [1.54, 1.807) is 17.0 Å². The summed E-state index contributed by atoms with van der Waals surface area (Å²) < 4.78 is 0. The number of hydrogen-bond acceptors (Lipinski definition) is 6. The van der Waals surface area contributed by atoms with E-state index < -0.39 is 0 Å². The van der Waals surface area contributed by atoms with Crippen molar-refractivity contribution in [1.82, 2.24) is 20.1 Å². The molecule has 0 radical (unpaired) electrons. The van der Waals surface area contributed by atoms with E-state index in [4.69, 9.17) is 5.26 Å². The zero-order valence-corrected chi connectivity index (χ0v) is 14.3. The second kappa shape index (κ2) is 7.26. The number of anilines is 1. The van der Waals surface area contributed by atoms with Gasteiger partial charge in [0.2, 0.25) is 5.91 Å². The fourth-order valence-corrected chi connectivity index (χ4v) is 2.60. The van der Waals surface area contributed by atoms with Crippen molar-refractivity contribution in [3.63, 3.8) is 0 Å². The van der Waals surface area contributed by atoms with E-state index in [0.29, 0.717) is 31.2 Å². The minimum atomic E-state index is 0.0776. The highest BCUT2D eigenvalue weighted by Crippen LogP contribution is 2.16. The third-order valence-corrected chi connectivity index (χ3v) is 4.21. The second-order valence-electron chi connectivity index (χ2n) is 6.47. The summed E-state index contributed by atoms with van der Waals surface area (Å²) in [7, 11) is 0. The molecule has 1 saturated heterocycles. The molecule has 3 heterocycles. The first-order valence-corrected chi connectivity index (χ1v) is 8.28. The quantitative estimate of drug-likeness (QED) is 0.893. The largest absolute Gasteiger partial charge is 0.362 e. The first-order chi connectivity index (χ1) is 12.0. The van der Waals surface area contributed by atoms with Crippen molar-refractivity contribution < 1.29 is 4.79 Å². The summed E-state index contributed by atoms with van der Waals surface area (Å²) >= 11 is 0. The third-order valence-electron chi connectivity index (χ3n) is 4.21. The van der Waals surface area contributed by atoms with Gasteiger partial charge in [0.25, 0.3) is 0 Å². The van der Waals surface area contributed by atoms with Crippen molar-refractivity contribution in [2.45, 2.75) is 32.2 Å². The first-order valence-electron chi connectivity index (χ1n) is 8.28. The van der Waals surface area contributed by atoms with Gasteiger partial charge < -0.3 is 10.2 Å². The van der Waals surface area contributed by atoms with Gasteiger partial charge in [-0.3, -0.25) is 9.78 Å². The Bertz CT molecular complexity index is 773. The average Bonchev–Trinajstić information content (AvgIpc) is 2.58. The first kappa shape index (κ1) is 16.8. The van der Waals surface area contributed by atoms with Crippen LogP contribution in [0, 0.1) is 11.3 Å². The Balaban J connectivity index is 1.47. The smallest absolute Gasteiger partial charge is 0.228 e. The molecule has 25 heavy (non-hydrogen) atoms. The van der Waals surface area contributed by atoms with Crippen molar-refractivity contribution in [2.75, 3.05) is 18.4 Å². The number of carbonyl (C=O) groups is 1. The van der Waals surface area contributed by atoms with Crippen LogP contribution in [-0.2, 0) is 11.2 Å². The van der Waals surface area contributed by atoms with E-state index in [9.17, 15) is 4.79 Å². The number of nitrogens with zero attached hydrogens (tertiary/aromatic N) is 5. The molecule has 1 aliphatic rings. The number of nitrogens with one attached hydrogen (secondary N) is 1. The average molecular weight is 336 g/mol. The molecular weight excluding hydrogens is 316 g/mol. The maximum atomic E-state index is 12.3. The van der Waals surface area contributed by atoms with Gasteiger partial charge in [0.15, 0.2) is 5.69 Å². The maximum Gasteiger partial charge on any atom is 0.228 e. The van der Waals surface area contributed by atoms with Crippen LogP contribution in [-0.4, -0.2) is 45.1 Å². The number of hydrogen-bond donors (Lipinski definition) is 1. The molecule has 3 rings (SSSR count). The molecular formula is C18H20N6O. The van der Waals surface area contributed by atoms with Crippen LogP contribution in [0.2, 0.25) is 0 Å². The second-order valence-corrected chi connectivity index (χ2v) is 6.47. The minimum absolute atomic E-state index is 0.0776. The lowest BCUT2D eigenvalue weighted by molar-refractivity contribution is -0.134. The summed E-state index contributed by atoms with van der Waals surface area (Å²) in [5.74, 6) is 1.13. The van der Waals surface area contributed by atoms with Gasteiger partial charge in [-0.05, 0) is 29.7 Å². The highest BCUT2D eigenvalue weighted by atomic mass is 16.2. The predicted molar refractivity (Wildman–Crippen MR) is 92.8 cm³/mol. The zero-order chi connectivity index (χ0) is 17.8. The Kier molecular flexibility index (Phi) is 4.89. The van der Waals surface area contributed by atoms with E-state index in [2.05, 4.69) is 34.3 Å². The van der Waals surface area contributed by atoms with E-state index in [-0.39, 0.29) is 17.6 Å². The van der Waals surface area contributed by atoms with Gasteiger partial charge in [-0.2, -0.15) is 5.26 Å². The van der Waals surface area contributed by atoms with Gasteiger partial charge >= 0.3 is 0 Å². The molecule has 0 aliphatic carbocycles. The van der Waals surface area contributed by atoms with Gasteiger partial charge in [-0.1, -0.05) is 19.9 Å². The molecule has 1 amide bonds. The van der Waals surface area contributed by atoms with E-state index >= 15 is 0 Å². The highest BCUT2D eigenvalue weighted by molar-refractivity contribution is 5.79. The summed E-state index contributed by atoms with van der Waals surface area (Å²) in [6.07, 6.45) is 2.17. The summed E-state index contributed by atoms with van der Waals surface area (Å²) in [5.41, 5.74) is 2.25. The van der Waals surface area contributed by atoms with Crippen LogP contribution in [0.25, 0.3) is 0 Å². The third kappa shape index (κ3) is 4.10. The predicted octanol–water partition coefficient (Wildman–Crippen LogP) is 1.73. The lowest BCUT2D eigenvalue weighted by atomic mass is 10.0. The van der Waals surface area contributed by atoms with Crippen LogP contribution in [0.5, 0.6) is 0 Å². The maximum absolute atomic E-state index is 12.3. The molecule has 2 aromatic heterocycles. The van der Waals surface area contributed by atoms with Crippen LogP contribution in [0.15, 0.2) is 30.5 Å². The van der Waals surface area contributed by atoms with E-state index in [0.717, 1.165) is 5.69 Å². The van der Waals surface area contributed by atoms with E-state index in [1.165, 1.54) is 5.56 Å². The lowest BCUT2D eigenvalue weighted by Crippen LogP contribution is -2.57. The van der Waals surface area contributed by atoms with Crippen molar-refractivity contribution in [1.29, 1.82) is 5.26 Å². The number of likely N-dealkylation sites (tertiary alicyclic amines) is 1. The Hall–Kier alpha value is -3.01. The SMILES string of the molecule is CC(C)c1ccc(CC(=O)N2CC(Nc3ccc(C#N)nn3)C2)nc1. The van der Waals surface area contributed by atoms with Crippen LogP contribution < -0.4 is 5.32 Å². The van der Waals surface area contributed by atoms with Crippen LogP contribution in [0.4, 0.5) is 5.82 Å². The number of carbonyl (C=O) groups excluding carboxylic acids is 1. The lowest BCUT2D eigenvalue weighted by Gasteiger charge is -2.39. The molecule has 0 saturated carbocycles. The molecule has 7 heteroatoms. The van der Waals surface area contributed by atoms with Crippen LogP contribution >= 0.6 is 0 Å². The molecule has 0 atom stereocenters. The number of amides is 1. The molecule has 0 spiro atoms. The molecule has 0 bridgehead atoms. The molecule has 128 valence electrons. The van der Waals surface area contributed by atoms with E-state index in [1.807, 2.05) is 24.4 Å². The minimum Gasteiger partial charge on any atom is -0.362 e. The van der Waals surface area contributed by atoms with Gasteiger partial charge in [-0.25, -0.2) is 0 Å². The van der Waals surface area contributed by atoms with Gasteiger partial charge in [0, 0.05) is 25.0 Å². The number of nitriles is 1. The standard InChI is InChI=1S/C18H20N6O/c1-12(2)13-3-4-14(20-9-13)7-18(25)24-10-16(11-24)21-17-6-5-15(8-19)22-23-17/h3-6,9,12,16H,7,10-11H2,1-2H3,(H,21,23). The van der Waals surface area contributed by atoms with Gasteiger partial charge in [0.05, 0.1) is 12.5 Å². The molecule has 2 aromatic rings. The molecule has 1 fully saturated rings. The zero-order valence-electron chi connectivity index (χ0n) is 14.3. The molecule has 7 nitrogen and oxygen atoms in total. The topological polar surface area (TPSA) is 94.8 Å². The van der Waals surface area contributed by atoms with Crippen molar-refractivity contribution in [2.24, 2.45) is 0 Å². The van der Waals surface area contributed by atoms with Crippen molar-refractivity contribution >= 4 is 11.7 Å². The van der Waals surface area contributed by atoms with Crippen molar-refractivity contribution in [3.05, 3.63) is 47.4 Å². The van der Waals surface area contributed by atoms with Gasteiger partial charge in [-0.15, -0.1) is 10.2 Å². The molecule has 1 N–H and O–H groups in total. The van der Waals surface area contributed by atoms with Gasteiger partial charge in [0.1, 0.15) is 11.9 Å². The monoisotopic (exact) mass is 336 g/mol. The summed E-state index contributed by atoms with van der Waals surface area (Å²) in [6.45, 7) is 5.50. The summed E-state index contributed by atoms with van der Waals surface area (Å²) in [4.78, 5) is 18.5. The Morgan fingerprint density at radius 1 is 1.32 bits per heavy atom. The highest BCUT2D eigenvalue weighted by Gasteiger charge is 2.30. The van der Waals surface area contributed by atoms with Crippen LogP contribution in [0.3, 0.4) is 0 Å². The fourth-order valence-electron chi connectivity index (χ4n) is 2.60. The summed E-state index contributed by atoms with van der Waals surface area (Å²) in [5, 5.41) is 19.6. The Morgan fingerprint density at radius 2 is 2.12 bits per heavy atom. The fraction of sp³-hybridized carbons (Fsp3) is 0.389. The Morgan fingerprint density at radius 3 is 2.68 bits per heavy atom. The molecule has 1 aliphatic heterocycles. The van der Waals surface area contributed by atoms with Crippen LogP contribution in [0.1, 0.15) is 36.7 Å². The number of aromatic nitrogens is 3. The normalized spacial score (nSPS) is 14.1. The number of rotatable bonds is 5.